The first-order valence-electron chi connectivity index (χ1n) is 12.1. The van der Waals surface area contributed by atoms with Crippen LogP contribution in [0.15, 0.2) is 36.8 Å². The maximum absolute atomic E-state index is 12.8. The van der Waals surface area contributed by atoms with Crippen LogP contribution in [-0.4, -0.2) is 34.1 Å². The second-order valence-corrected chi connectivity index (χ2v) is 10.0. The van der Waals surface area contributed by atoms with Crippen molar-refractivity contribution in [1.29, 1.82) is 5.26 Å². The lowest BCUT2D eigenvalue weighted by Crippen LogP contribution is -2.31. The Labute approximate surface area is 214 Å². The summed E-state index contributed by atoms with van der Waals surface area (Å²) in [7, 11) is 1.87. The van der Waals surface area contributed by atoms with Gasteiger partial charge in [-0.15, -0.1) is 11.3 Å². The van der Waals surface area contributed by atoms with Crippen LogP contribution in [0.5, 0.6) is 5.75 Å². The van der Waals surface area contributed by atoms with Gasteiger partial charge in [-0.2, -0.15) is 5.26 Å². The molecule has 3 aromatic rings. The number of amides is 1. The molecule has 1 atom stereocenters. The van der Waals surface area contributed by atoms with Crippen molar-refractivity contribution < 1.29 is 19.1 Å². The van der Waals surface area contributed by atoms with Crippen LogP contribution in [0.3, 0.4) is 0 Å². The molecule has 1 aromatic carbocycles. The first-order valence-corrected chi connectivity index (χ1v) is 13.0. The van der Waals surface area contributed by atoms with Crippen LogP contribution in [0.1, 0.15) is 51.9 Å². The number of ketones is 1. The van der Waals surface area contributed by atoms with E-state index in [2.05, 4.69) is 16.4 Å². The third-order valence-corrected chi connectivity index (χ3v) is 7.41. The molecule has 2 heterocycles. The zero-order valence-corrected chi connectivity index (χ0v) is 21.4. The number of nitrogens with one attached hydrogen (secondary N) is 1. The molecule has 1 amide bonds. The predicted molar refractivity (Wildman–Crippen MR) is 136 cm³/mol. The van der Waals surface area contributed by atoms with E-state index in [0.29, 0.717) is 50.8 Å². The van der Waals surface area contributed by atoms with Gasteiger partial charge in [0.1, 0.15) is 23.7 Å². The number of hydrogen-bond donors (Lipinski definition) is 1. The van der Waals surface area contributed by atoms with E-state index >= 15 is 0 Å². The molecule has 0 aliphatic heterocycles. The number of carbonyl (C=O) groups excluding carboxylic acids is 2. The number of aryl methyl sites for hydroxylation is 2. The topological polar surface area (TPSA) is 106 Å². The molecule has 2 aromatic heterocycles. The molecule has 0 bridgehead atoms. The van der Waals surface area contributed by atoms with Crippen LogP contribution in [-0.2, 0) is 48.8 Å². The number of nitriles is 1. The summed E-state index contributed by atoms with van der Waals surface area (Å²) in [6, 6.07) is 10.1. The fourth-order valence-electron chi connectivity index (χ4n) is 4.43. The minimum Gasteiger partial charge on any atom is -0.494 e. The molecule has 1 unspecified atom stereocenters. The third-order valence-electron chi connectivity index (χ3n) is 6.15. The number of aromatic nitrogens is 2. The molecule has 1 aliphatic carbocycles. The summed E-state index contributed by atoms with van der Waals surface area (Å²) in [4.78, 5) is 31.1. The van der Waals surface area contributed by atoms with Gasteiger partial charge in [-0.25, -0.2) is 9.78 Å². The predicted octanol–water partition coefficient (Wildman–Crippen LogP) is 4.28. The number of benzene rings is 1. The average Bonchev–Trinajstić information content (AvgIpc) is 3.44. The number of Topliss-reactive ketones (excluding diaryl/α,β-unsaturated/α-hetero) is 1. The number of imidazole rings is 1. The highest BCUT2D eigenvalue weighted by atomic mass is 32.1. The van der Waals surface area contributed by atoms with Gasteiger partial charge in [0.2, 0.25) is 0 Å². The summed E-state index contributed by atoms with van der Waals surface area (Å²) in [5.74, 6) is 0.908. The number of thiophene rings is 1. The summed E-state index contributed by atoms with van der Waals surface area (Å²) in [6.45, 7) is 2.82. The largest absolute Gasteiger partial charge is 0.494 e. The fraction of sp³-hybridized carbons (Fsp3) is 0.407. The molecule has 4 rings (SSSR count). The third kappa shape index (κ3) is 6.32. The molecule has 188 valence electrons. The van der Waals surface area contributed by atoms with Crippen LogP contribution in [0.2, 0.25) is 0 Å². The van der Waals surface area contributed by atoms with Gasteiger partial charge in [0, 0.05) is 42.3 Å². The zero-order chi connectivity index (χ0) is 25.5. The Bertz CT molecular complexity index is 1270. The van der Waals surface area contributed by atoms with E-state index in [1.165, 1.54) is 11.3 Å². The maximum Gasteiger partial charge on any atom is 0.407 e. The molecule has 1 aliphatic rings. The number of hydrogen-bond acceptors (Lipinski definition) is 7. The van der Waals surface area contributed by atoms with Crippen molar-refractivity contribution in [3.8, 4) is 11.8 Å². The highest BCUT2D eigenvalue weighted by molar-refractivity contribution is 7.12. The van der Waals surface area contributed by atoms with E-state index in [-0.39, 0.29) is 18.3 Å². The number of fused-ring (bicyclic) bond motifs is 1. The van der Waals surface area contributed by atoms with Gasteiger partial charge in [-0.05, 0) is 43.4 Å². The van der Waals surface area contributed by atoms with Gasteiger partial charge in [-0.3, -0.25) is 4.79 Å². The first kappa shape index (κ1) is 25.5. The van der Waals surface area contributed by atoms with Gasteiger partial charge < -0.3 is 19.4 Å². The van der Waals surface area contributed by atoms with Crippen molar-refractivity contribution >= 4 is 23.2 Å². The smallest absolute Gasteiger partial charge is 0.407 e. The van der Waals surface area contributed by atoms with Gasteiger partial charge in [0.15, 0.2) is 0 Å². The van der Waals surface area contributed by atoms with Gasteiger partial charge in [-0.1, -0.05) is 18.2 Å². The Morgan fingerprint density at radius 2 is 2.17 bits per heavy atom. The number of nitrogens with zero attached hydrogens (tertiary/aromatic N) is 3. The van der Waals surface area contributed by atoms with Crippen molar-refractivity contribution in [2.75, 3.05) is 6.61 Å². The minimum atomic E-state index is -0.478. The minimum absolute atomic E-state index is 0.0955. The van der Waals surface area contributed by atoms with Crippen LogP contribution in [0, 0.1) is 11.3 Å². The molecule has 0 saturated heterocycles. The van der Waals surface area contributed by atoms with Gasteiger partial charge in [0.25, 0.3) is 0 Å². The van der Waals surface area contributed by atoms with Crippen molar-refractivity contribution in [2.45, 2.75) is 58.1 Å². The van der Waals surface area contributed by atoms with Crippen molar-refractivity contribution in [3.63, 3.8) is 0 Å². The quantitative estimate of drug-likeness (QED) is 0.440. The average molecular weight is 507 g/mol. The molecule has 1 N–H and O–H groups in total. The van der Waals surface area contributed by atoms with Crippen LogP contribution < -0.4 is 10.1 Å². The monoisotopic (exact) mass is 506 g/mol. The summed E-state index contributed by atoms with van der Waals surface area (Å²) in [5.41, 5.74) is 3.39. The van der Waals surface area contributed by atoms with Gasteiger partial charge in [0.05, 0.1) is 30.7 Å². The molecule has 0 radical (unpaired) electrons. The Hall–Kier alpha value is -3.64. The molecule has 0 saturated carbocycles. The van der Waals surface area contributed by atoms with Crippen molar-refractivity contribution in [3.05, 3.63) is 68.9 Å². The first-order chi connectivity index (χ1) is 17.5. The summed E-state index contributed by atoms with van der Waals surface area (Å²) >= 11 is 1.50. The molecule has 36 heavy (non-hydrogen) atoms. The van der Waals surface area contributed by atoms with Gasteiger partial charge >= 0.3 is 6.09 Å². The molecular formula is C27H30N4O4S. The Morgan fingerprint density at radius 1 is 1.33 bits per heavy atom. The zero-order valence-electron chi connectivity index (χ0n) is 20.6. The molecule has 8 nitrogen and oxygen atoms in total. The highest BCUT2D eigenvalue weighted by Crippen LogP contribution is 2.35. The van der Waals surface area contributed by atoms with Crippen molar-refractivity contribution in [2.24, 2.45) is 7.05 Å². The molecular weight excluding hydrogens is 476 g/mol. The van der Waals surface area contributed by atoms with E-state index in [1.54, 1.807) is 6.33 Å². The lowest BCUT2D eigenvalue weighted by atomic mass is 9.92. The normalized spacial score (nSPS) is 14.5. The number of alkyl carbamates (subject to hydrolysis) is 1. The Morgan fingerprint density at radius 3 is 2.92 bits per heavy atom. The number of ether oxygens (including phenoxy) is 2. The second-order valence-electron chi connectivity index (χ2n) is 8.82. The lowest BCUT2D eigenvalue weighted by molar-refractivity contribution is -0.118. The van der Waals surface area contributed by atoms with E-state index < -0.39 is 6.09 Å². The van der Waals surface area contributed by atoms with Crippen LogP contribution >= 0.6 is 11.3 Å². The fourth-order valence-corrected chi connectivity index (χ4v) is 5.83. The van der Waals surface area contributed by atoms with E-state index in [0.717, 1.165) is 32.3 Å². The van der Waals surface area contributed by atoms with Crippen LogP contribution in [0.25, 0.3) is 0 Å². The molecule has 0 spiro atoms. The molecule has 9 heteroatoms. The Balaban J connectivity index is 1.33. The number of rotatable bonds is 10. The maximum atomic E-state index is 12.8. The van der Waals surface area contributed by atoms with E-state index in [1.807, 2.05) is 49.0 Å². The summed E-state index contributed by atoms with van der Waals surface area (Å²) < 4.78 is 13.1. The van der Waals surface area contributed by atoms with E-state index in [9.17, 15) is 14.9 Å². The number of para-hydroxylation sites is 1. The summed E-state index contributed by atoms with van der Waals surface area (Å²) in [5, 5.41) is 12.5. The second kappa shape index (κ2) is 11.9. The molecule has 0 fully saturated rings. The van der Waals surface area contributed by atoms with Crippen molar-refractivity contribution in [1.82, 2.24) is 14.9 Å². The Kier molecular flexibility index (Phi) is 8.39. The lowest BCUT2D eigenvalue weighted by Gasteiger charge is -2.22. The summed E-state index contributed by atoms with van der Waals surface area (Å²) in [6.07, 6.45) is 5.87. The van der Waals surface area contributed by atoms with E-state index in [4.69, 9.17) is 9.47 Å². The number of carbonyl (C=O) groups is 2. The van der Waals surface area contributed by atoms with Crippen LogP contribution in [0.4, 0.5) is 4.79 Å². The SMILES string of the molecule is CCOc1ccccc1CCC(=O)Cc1sc2c(c1C#N)CCC(OC(=O)NCc1cn(C)cn1)C2. The standard InChI is InChI=1S/C27H30N4O4S/c1-3-34-24-7-5-4-6-18(24)8-9-20(32)12-25-23(14-28)22-11-10-21(13-26(22)36-25)35-27(33)29-15-19-16-31(2)17-30-19/h4-7,16-17,21H,3,8-13,15H2,1-2H3,(H,29,33). The highest BCUT2D eigenvalue weighted by Gasteiger charge is 2.28.